The van der Waals surface area contributed by atoms with Crippen LogP contribution in [0.5, 0.6) is 0 Å². The minimum Gasteiger partial charge on any atom is -0.432 e. The van der Waals surface area contributed by atoms with E-state index in [1.807, 2.05) is 0 Å². The molecule has 0 aromatic carbocycles. The largest absolute Gasteiger partial charge is 0.432 e. The highest BCUT2D eigenvalue weighted by Gasteiger charge is 2.84. The predicted octanol–water partition coefficient (Wildman–Crippen LogP) is 4.77. The molecular weight excluding hydrogens is 354 g/mol. The van der Waals surface area contributed by atoms with E-state index in [0.29, 0.717) is 0 Å². The van der Waals surface area contributed by atoms with Crippen LogP contribution in [-0.4, -0.2) is 42.7 Å². The Morgan fingerprint density at radius 1 is 0.727 bits per heavy atom. The third-order valence-corrected chi connectivity index (χ3v) is 4.32. The van der Waals surface area contributed by atoms with Crippen molar-refractivity contribution in [1.29, 1.82) is 0 Å². The molecule has 0 saturated carbocycles. The highest BCUT2D eigenvalue weighted by molar-refractivity contribution is 6.69. The lowest BCUT2D eigenvalue weighted by Crippen LogP contribution is -2.66. The second-order valence-electron chi connectivity index (χ2n) is 5.63. The van der Waals surface area contributed by atoms with Crippen molar-refractivity contribution >= 4 is 8.32 Å². The van der Waals surface area contributed by atoms with E-state index < -0.39 is 57.3 Å². The minimum absolute atomic E-state index is 0.779. The van der Waals surface area contributed by atoms with E-state index >= 15 is 0 Å². The van der Waals surface area contributed by atoms with Crippen molar-refractivity contribution in [1.82, 2.24) is 0 Å². The summed E-state index contributed by atoms with van der Waals surface area (Å²) in [7, 11) is -3.38. The second kappa shape index (κ2) is 5.53. The highest BCUT2D eigenvalue weighted by atomic mass is 28.4. The third-order valence-electron chi connectivity index (χ3n) is 2.85. The van der Waals surface area contributed by atoms with Crippen LogP contribution in [0.15, 0.2) is 0 Å². The molecule has 0 unspecified atom stereocenters. The van der Waals surface area contributed by atoms with Gasteiger partial charge in [0.05, 0.1) is 0 Å². The summed E-state index contributed by atoms with van der Waals surface area (Å²) in [6.07, 6.45) is -2.04. The molecule has 0 rings (SSSR count). The first-order chi connectivity index (χ1) is 9.21. The van der Waals surface area contributed by atoms with Gasteiger partial charge in [0.15, 0.2) is 8.32 Å². The van der Waals surface area contributed by atoms with E-state index in [0.717, 1.165) is 13.1 Å². The van der Waals surface area contributed by atoms with E-state index in [4.69, 9.17) is 0 Å². The molecule has 0 aliphatic carbocycles. The van der Waals surface area contributed by atoms with E-state index in [1.54, 1.807) is 0 Å². The van der Waals surface area contributed by atoms with Gasteiger partial charge in [-0.1, -0.05) is 0 Å². The van der Waals surface area contributed by atoms with E-state index in [1.165, 1.54) is 0 Å². The van der Waals surface area contributed by atoms with Crippen LogP contribution in [0.3, 0.4) is 0 Å². The van der Waals surface area contributed by atoms with Gasteiger partial charge in [-0.25, -0.2) is 0 Å². The van der Waals surface area contributed by atoms with Crippen LogP contribution in [0.1, 0.15) is 13.3 Å². The quantitative estimate of drug-likeness (QED) is 0.507. The fraction of sp³-hybridized carbons (Fsp3) is 1.00. The lowest BCUT2D eigenvalue weighted by Gasteiger charge is -2.39. The summed E-state index contributed by atoms with van der Waals surface area (Å²) >= 11 is 0. The Labute approximate surface area is 120 Å². The first kappa shape index (κ1) is 21.5. The van der Waals surface area contributed by atoms with Gasteiger partial charge in [0.2, 0.25) is 0 Å². The lowest BCUT2D eigenvalue weighted by atomic mass is 9.94. The molecule has 0 bridgehead atoms. The van der Waals surface area contributed by atoms with Gasteiger partial charge in [0.25, 0.3) is 0 Å². The lowest BCUT2D eigenvalue weighted by molar-refractivity contribution is -0.399. The van der Waals surface area contributed by atoms with Crippen molar-refractivity contribution < 1.29 is 48.7 Å². The molecule has 1 N–H and O–H groups in total. The van der Waals surface area contributed by atoms with Crippen molar-refractivity contribution in [3.63, 3.8) is 0 Å². The first-order valence-electron chi connectivity index (χ1n) is 5.82. The molecule has 0 spiro atoms. The zero-order chi connectivity index (χ0) is 18.4. The molecule has 0 aliphatic rings. The molecular formula is C10H14F10OSi. The van der Waals surface area contributed by atoms with Gasteiger partial charge in [-0.2, -0.15) is 43.9 Å². The van der Waals surface area contributed by atoms with Crippen LogP contribution < -0.4 is 0 Å². The molecule has 12 heteroatoms. The van der Waals surface area contributed by atoms with Crippen LogP contribution >= 0.6 is 0 Å². The van der Waals surface area contributed by atoms with Crippen LogP contribution in [-0.2, 0) is 0 Å². The minimum atomic E-state index is -7.00. The van der Waals surface area contributed by atoms with Crippen molar-refractivity contribution in [2.75, 3.05) is 0 Å². The standard InChI is InChI=1S/C10H14F10OSi/c1-6(11,12)8(15,16)10(19,20)9(17,18)7(13,14)4-5-22(2,3)21/h21H,4-5H2,1-3H3. The van der Waals surface area contributed by atoms with E-state index in [2.05, 4.69) is 0 Å². The van der Waals surface area contributed by atoms with Crippen LogP contribution in [0.25, 0.3) is 0 Å². The Hall–Kier alpha value is -0.523. The van der Waals surface area contributed by atoms with Gasteiger partial charge in [-0.3, -0.25) is 0 Å². The SMILES string of the molecule is CC(F)(F)C(F)(F)C(F)(F)C(F)(F)C(F)(F)CC[Si](C)(C)O. The van der Waals surface area contributed by atoms with Crippen molar-refractivity contribution in [2.45, 2.75) is 62.1 Å². The second-order valence-corrected chi connectivity index (χ2v) is 9.75. The summed E-state index contributed by atoms with van der Waals surface area (Å²) in [6.45, 7) is 1.27. The molecule has 134 valence electrons. The predicted molar refractivity (Wildman–Crippen MR) is 59.5 cm³/mol. The topological polar surface area (TPSA) is 20.2 Å². The summed E-state index contributed by atoms with van der Waals surface area (Å²) in [6, 6.07) is -1.01. The van der Waals surface area contributed by atoms with Gasteiger partial charge in [-0.05, 0) is 19.1 Å². The normalized spacial score (nSPS) is 16.1. The molecule has 0 aliphatic heterocycles. The fourth-order valence-corrected chi connectivity index (χ4v) is 2.25. The number of hydrogen-bond acceptors (Lipinski definition) is 1. The molecule has 0 aromatic rings. The molecule has 0 heterocycles. The van der Waals surface area contributed by atoms with Gasteiger partial charge in [0.1, 0.15) is 0 Å². The number of halogens is 10. The Morgan fingerprint density at radius 2 is 1.09 bits per heavy atom. The molecule has 0 saturated heterocycles. The monoisotopic (exact) mass is 368 g/mol. The maximum atomic E-state index is 13.2. The first-order valence-corrected chi connectivity index (χ1v) is 8.97. The van der Waals surface area contributed by atoms with Crippen LogP contribution in [0, 0.1) is 0 Å². The summed E-state index contributed by atoms with van der Waals surface area (Å²) in [5.74, 6) is -31.8. The Bertz CT molecular complexity index is 395. The molecule has 0 atom stereocenters. The molecule has 0 fully saturated rings. The number of hydrogen-bond donors (Lipinski definition) is 1. The molecule has 22 heavy (non-hydrogen) atoms. The van der Waals surface area contributed by atoms with Crippen molar-refractivity contribution in [2.24, 2.45) is 0 Å². The summed E-state index contributed by atoms with van der Waals surface area (Å²) < 4.78 is 130. The zero-order valence-corrected chi connectivity index (χ0v) is 12.6. The summed E-state index contributed by atoms with van der Waals surface area (Å²) in [4.78, 5) is 9.24. The number of alkyl halides is 10. The van der Waals surface area contributed by atoms with E-state index in [9.17, 15) is 48.7 Å². The zero-order valence-electron chi connectivity index (χ0n) is 11.6. The van der Waals surface area contributed by atoms with Gasteiger partial charge >= 0.3 is 29.6 Å². The van der Waals surface area contributed by atoms with Gasteiger partial charge in [0, 0.05) is 13.3 Å². The average molecular weight is 368 g/mol. The highest BCUT2D eigenvalue weighted by Crippen LogP contribution is 2.57. The molecule has 1 nitrogen and oxygen atoms in total. The summed E-state index contributed by atoms with van der Waals surface area (Å²) in [5.41, 5.74) is 0. The van der Waals surface area contributed by atoms with Crippen molar-refractivity contribution in [3.05, 3.63) is 0 Å². The average Bonchev–Trinajstić information content (AvgIpc) is 2.23. The molecule has 0 aromatic heterocycles. The molecule has 0 amide bonds. The third kappa shape index (κ3) is 3.69. The fourth-order valence-electron chi connectivity index (χ4n) is 1.32. The number of rotatable bonds is 7. The van der Waals surface area contributed by atoms with Crippen LogP contribution in [0.4, 0.5) is 43.9 Å². The van der Waals surface area contributed by atoms with E-state index in [-0.39, 0.29) is 0 Å². The Kier molecular flexibility index (Phi) is 5.40. The van der Waals surface area contributed by atoms with Gasteiger partial charge < -0.3 is 4.80 Å². The van der Waals surface area contributed by atoms with Crippen LogP contribution in [0.2, 0.25) is 19.1 Å². The summed E-state index contributed by atoms with van der Waals surface area (Å²) in [5, 5.41) is 0. The maximum Gasteiger partial charge on any atom is 0.384 e. The Balaban J connectivity index is 5.69. The van der Waals surface area contributed by atoms with Crippen molar-refractivity contribution in [3.8, 4) is 0 Å². The maximum absolute atomic E-state index is 13.2. The Morgan fingerprint density at radius 3 is 1.36 bits per heavy atom. The smallest absolute Gasteiger partial charge is 0.384 e. The molecule has 0 radical (unpaired) electrons. The van der Waals surface area contributed by atoms with Gasteiger partial charge in [-0.15, -0.1) is 0 Å².